The lowest BCUT2D eigenvalue weighted by Gasteiger charge is -2.20. The van der Waals surface area contributed by atoms with Gasteiger partial charge in [-0.25, -0.2) is 0 Å². The number of aryl methyl sites for hydroxylation is 1. The third-order valence-electron chi connectivity index (χ3n) is 5.94. The number of ether oxygens (including phenoxy) is 1. The fourth-order valence-corrected chi connectivity index (χ4v) is 4.45. The molecule has 25 heavy (non-hydrogen) atoms. The number of esters is 1. The van der Waals surface area contributed by atoms with E-state index < -0.39 is 0 Å². The van der Waals surface area contributed by atoms with Gasteiger partial charge in [0, 0.05) is 6.42 Å². The van der Waals surface area contributed by atoms with Gasteiger partial charge in [0.1, 0.15) is 0 Å². The van der Waals surface area contributed by atoms with E-state index in [9.17, 15) is 9.59 Å². The van der Waals surface area contributed by atoms with Gasteiger partial charge in [-0.3, -0.25) is 9.59 Å². The van der Waals surface area contributed by atoms with E-state index >= 15 is 0 Å². The molecule has 4 heteroatoms. The van der Waals surface area contributed by atoms with Gasteiger partial charge >= 0.3 is 5.97 Å². The predicted octanol–water partition coefficient (Wildman–Crippen LogP) is 3.80. The quantitative estimate of drug-likeness (QED) is 0.766. The van der Waals surface area contributed by atoms with Gasteiger partial charge < -0.3 is 10.1 Å². The number of fused-ring (bicyclic) bond motifs is 2. The first-order valence-corrected chi connectivity index (χ1v) is 9.59. The topological polar surface area (TPSA) is 55.4 Å². The van der Waals surface area contributed by atoms with E-state index in [1.54, 1.807) is 0 Å². The number of hydrogen-bond donors (Lipinski definition) is 1. The van der Waals surface area contributed by atoms with Gasteiger partial charge in [-0.1, -0.05) is 37.6 Å². The fraction of sp³-hybridized carbons (Fsp3) is 0.619. The van der Waals surface area contributed by atoms with Crippen molar-refractivity contribution in [2.75, 3.05) is 6.61 Å². The Morgan fingerprint density at radius 3 is 2.56 bits per heavy atom. The normalized spacial score (nSPS) is 25.6. The van der Waals surface area contributed by atoms with E-state index in [1.165, 1.54) is 24.8 Å². The van der Waals surface area contributed by atoms with Crippen molar-refractivity contribution in [1.29, 1.82) is 0 Å². The molecular weight excluding hydrogens is 314 g/mol. The van der Waals surface area contributed by atoms with Crippen molar-refractivity contribution in [3.63, 3.8) is 0 Å². The van der Waals surface area contributed by atoms with E-state index in [4.69, 9.17) is 4.74 Å². The van der Waals surface area contributed by atoms with E-state index in [0.29, 0.717) is 18.3 Å². The fourth-order valence-electron chi connectivity index (χ4n) is 4.45. The monoisotopic (exact) mass is 343 g/mol. The molecule has 2 aliphatic carbocycles. The second-order valence-electron chi connectivity index (χ2n) is 7.68. The first kappa shape index (κ1) is 18.0. The van der Waals surface area contributed by atoms with Crippen LogP contribution in [0, 0.1) is 17.8 Å². The Bertz CT molecular complexity index is 610. The molecule has 0 spiro atoms. The highest BCUT2D eigenvalue weighted by atomic mass is 16.5. The molecule has 2 bridgehead atoms. The van der Waals surface area contributed by atoms with Crippen molar-refractivity contribution in [3.8, 4) is 0 Å². The molecule has 1 aromatic rings. The zero-order valence-corrected chi connectivity index (χ0v) is 15.3. The summed E-state index contributed by atoms with van der Waals surface area (Å²) in [4.78, 5) is 24.0. The second-order valence-corrected chi connectivity index (χ2v) is 7.68. The van der Waals surface area contributed by atoms with Crippen molar-refractivity contribution in [3.05, 3.63) is 35.4 Å². The Hall–Kier alpha value is -1.84. The van der Waals surface area contributed by atoms with Gasteiger partial charge in [-0.05, 0) is 61.5 Å². The van der Waals surface area contributed by atoms with Gasteiger partial charge in [0.15, 0.2) is 6.61 Å². The largest absolute Gasteiger partial charge is 0.456 e. The van der Waals surface area contributed by atoms with Crippen LogP contribution in [0.3, 0.4) is 0 Å². The summed E-state index contributed by atoms with van der Waals surface area (Å²) in [5, 5.41) is 2.89. The highest BCUT2D eigenvalue weighted by Gasteiger charge is 2.40. The van der Waals surface area contributed by atoms with Crippen molar-refractivity contribution in [2.24, 2.45) is 17.8 Å². The molecule has 0 saturated heterocycles. The molecule has 2 saturated carbocycles. The summed E-state index contributed by atoms with van der Waals surface area (Å²) in [5.41, 5.74) is 2.33. The van der Waals surface area contributed by atoms with Crippen LogP contribution in [0.25, 0.3) is 0 Å². The van der Waals surface area contributed by atoms with Crippen LogP contribution in [0.15, 0.2) is 24.3 Å². The zero-order chi connectivity index (χ0) is 17.8. The van der Waals surface area contributed by atoms with Crippen LogP contribution in [-0.4, -0.2) is 18.5 Å². The Balaban J connectivity index is 1.38. The smallest absolute Gasteiger partial charge is 0.306 e. The highest BCUT2D eigenvalue weighted by Crippen LogP contribution is 2.49. The Labute approximate surface area is 150 Å². The van der Waals surface area contributed by atoms with Gasteiger partial charge in [0.2, 0.25) is 0 Å². The number of carbonyl (C=O) groups is 2. The molecule has 0 aliphatic heterocycles. The molecule has 1 N–H and O–H groups in total. The summed E-state index contributed by atoms with van der Waals surface area (Å²) in [6.07, 6.45) is 6.51. The number of rotatable bonds is 7. The summed E-state index contributed by atoms with van der Waals surface area (Å²) < 4.78 is 5.20. The van der Waals surface area contributed by atoms with Crippen molar-refractivity contribution in [1.82, 2.24) is 5.32 Å². The number of amides is 1. The third-order valence-corrected chi connectivity index (χ3v) is 5.94. The molecule has 0 heterocycles. The number of benzene rings is 1. The Kier molecular flexibility index (Phi) is 5.77. The number of carbonyl (C=O) groups excluding carboxylic acids is 2. The SMILES string of the molecule is CCc1ccc(C(C)NC(=O)COC(=O)CC2CC3CCC2C3)cc1. The van der Waals surface area contributed by atoms with Gasteiger partial charge in [0.05, 0.1) is 6.04 Å². The molecule has 4 atom stereocenters. The average Bonchev–Trinajstić information content (AvgIpc) is 3.23. The Morgan fingerprint density at radius 1 is 1.20 bits per heavy atom. The lowest BCUT2D eigenvalue weighted by molar-refractivity contribution is -0.150. The summed E-state index contributed by atoms with van der Waals surface area (Å²) in [6, 6.07) is 8.12. The summed E-state index contributed by atoms with van der Waals surface area (Å²) in [5.74, 6) is 1.54. The second kappa shape index (κ2) is 8.03. The number of hydrogen-bond acceptors (Lipinski definition) is 3. The van der Waals surface area contributed by atoms with Gasteiger partial charge in [-0.2, -0.15) is 0 Å². The maximum absolute atomic E-state index is 12.0. The predicted molar refractivity (Wildman–Crippen MR) is 96.9 cm³/mol. The van der Waals surface area contributed by atoms with Gasteiger partial charge in [-0.15, -0.1) is 0 Å². The molecule has 2 aliphatic rings. The van der Waals surface area contributed by atoms with Crippen molar-refractivity contribution >= 4 is 11.9 Å². The maximum Gasteiger partial charge on any atom is 0.306 e. The minimum absolute atomic E-state index is 0.0947. The molecule has 136 valence electrons. The first-order chi connectivity index (χ1) is 12.0. The third kappa shape index (κ3) is 4.62. The lowest BCUT2D eigenvalue weighted by atomic mass is 9.86. The highest BCUT2D eigenvalue weighted by molar-refractivity contribution is 5.80. The molecule has 0 radical (unpaired) electrons. The first-order valence-electron chi connectivity index (χ1n) is 9.59. The van der Waals surface area contributed by atoms with Crippen molar-refractivity contribution in [2.45, 2.75) is 58.4 Å². The molecule has 2 fully saturated rings. The minimum Gasteiger partial charge on any atom is -0.456 e. The summed E-state index contributed by atoms with van der Waals surface area (Å²) in [7, 11) is 0. The molecule has 3 rings (SSSR count). The number of nitrogens with one attached hydrogen (secondary N) is 1. The van der Waals surface area contributed by atoms with E-state index in [0.717, 1.165) is 24.3 Å². The summed E-state index contributed by atoms with van der Waals surface area (Å²) in [6.45, 7) is 3.87. The molecular formula is C21H29NO3. The summed E-state index contributed by atoms with van der Waals surface area (Å²) >= 11 is 0. The average molecular weight is 343 g/mol. The van der Waals surface area contributed by atoms with Crippen LogP contribution < -0.4 is 5.32 Å². The minimum atomic E-state index is -0.242. The van der Waals surface area contributed by atoms with Crippen molar-refractivity contribution < 1.29 is 14.3 Å². The molecule has 4 unspecified atom stereocenters. The van der Waals surface area contributed by atoms with Crippen LogP contribution in [0.1, 0.15) is 63.1 Å². The van der Waals surface area contributed by atoms with Crippen LogP contribution in [-0.2, 0) is 20.7 Å². The zero-order valence-electron chi connectivity index (χ0n) is 15.3. The van der Waals surface area contributed by atoms with Crippen LogP contribution in [0.2, 0.25) is 0 Å². The maximum atomic E-state index is 12.0. The Morgan fingerprint density at radius 2 is 1.96 bits per heavy atom. The van der Waals surface area contributed by atoms with E-state index in [1.807, 2.05) is 19.1 Å². The molecule has 0 aromatic heterocycles. The van der Waals surface area contributed by atoms with Crippen LogP contribution in [0.5, 0.6) is 0 Å². The molecule has 1 aromatic carbocycles. The molecule has 1 amide bonds. The van der Waals surface area contributed by atoms with Crippen LogP contribution in [0.4, 0.5) is 0 Å². The molecule has 4 nitrogen and oxygen atoms in total. The lowest BCUT2D eigenvalue weighted by Crippen LogP contribution is -2.31. The van der Waals surface area contributed by atoms with E-state index in [2.05, 4.69) is 24.4 Å². The van der Waals surface area contributed by atoms with Crippen LogP contribution >= 0.6 is 0 Å². The van der Waals surface area contributed by atoms with E-state index in [-0.39, 0.29) is 24.5 Å². The van der Waals surface area contributed by atoms with Gasteiger partial charge in [0.25, 0.3) is 5.91 Å². The standard InChI is InChI=1S/C21H29NO3/c1-3-15-4-7-17(8-5-15)14(2)22-20(23)13-25-21(24)12-19-11-16-6-9-18(19)10-16/h4-5,7-8,14,16,18-19H,3,6,9-13H2,1-2H3,(H,22,23).